The van der Waals surface area contributed by atoms with Crippen LogP contribution in [-0.4, -0.2) is 30.7 Å². The zero-order chi connectivity index (χ0) is 13.0. The number of aryl methyl sites for hydroxylation is 1. The minimum Gasteiger partial charge on any atom is -0.493 e. The Morgan fingerprint density at radius 1 is 1.56 bits per heavy atom. The molecule has 1 aliphatic heterocycles. The van der Waals surface area contributed by atoms with E-state index in [4.69, 9.17) is 9.47 Å². The molecular weight excluding hydrogens is 248 g/mol. The molecule has 0 aliphatic carbocycles. The number of hydrogen-bond donors (Lipinski definition) is 0. The maximum absolute atomic E-state index is 11.2. The summed E-state index contributed by atoms with van der Waals surface area (Å²) >= 11 is 1.63. The van der Waals surface area contributed by atoms with Gasteiger partial charge in [-0.15, -0.1) is 11.8 Å². The van der Waals surface area contributed by atoms with E-state index >= 15 is 0 Å². The molecule has 2 rings (SSSR count). The Labute approximate surface area is 112 Å². The van der Waals surface area contributed by atoms with Crippen LogP contribution in [0.4, 0.5) is 0 Å². The summed E-state index contributed by atoms with van der Waals surface area (Å²) in [6.45, 7) is 2.68. The normalized spacial score (nSPS) is 14.8. The first-order valence-electron chi connectivity index (χ1n) is 6.14. The molecule has 1 aromatic rings. The van der Waals surface area contributed by atoms with Crippen molar-refractivity contribution in [2.45, 2.75) is 25.0 Å². The van der Waals surface area contributed by atoms with Crippen molar-refractivity contribution in [3.05, 3.63) is 29.3 Å². The fourth-order valence-electron chi connectivity index (χ4n) is 1.98. The van der Waals surface area contributed by atoms with Gasteiger partial charge in [0.05, 0.1) is 19.0 Å². The molecule has 0 aromatic heterocycles. The number of hydrogen-bond acceptors (Lipinski definition) is 4. The summed E-state index contributed by atoms with van der Waals surface area (Å²) in [6, 6.07) is 6.37. The molecule has 98 valence electrons. The summed E-state index contributed by atoms with van der Waals surface area (Å²) < 4.78 is 10.2. The van der Waals surface area contributed by atoms with Gasteiger partial charge < -0.3 is 9.47 Å². The van der Waals surface area contributed by atoms with E-state index in [-0.39, 0.29) is 11.2 Å². The van der Waals surface area contributed by atoms with Crippen molar-refractivity contribution in [3.8, 4) is 5.75 Å². The number of methoxy groups -OCH3 is 1. The molecular formula is C14H18O3S. The summed E-state index contributed by atoms with van der Waals surface area (Å²) in [5, 5.41) is -0.0900. The third-order valence-electron chi connectivity index (χ3n) is 3.05. The van der Waals surface area contributed by atoms with Gasteiger partial charge in [0.2, 0.25) is 0 Å². The van der Waals surface area contributed by atoms with Crippen molar-refractivity contribution < 1.29 is 14.3 Å². The molecule has 0 saturated heterocycles. The Kier molecular flexibility index (Phi) is 4.53. The molecule has 0 fully saturated rings. The minimum absolute atomic E-state index is 0.0900. The molecule has 1 aromatic carbocycles. The fourth-order valence-corrected chi connectivity index (χ4v) is 2.92. The van der Waals surface area contributed by atoms with E-state index in [9.17, 15) is 4.79 Å². The molecule has 0 spiro atoms. The number of carbonyl (C=O) groups excluding carboxylic acids is 1. The van der Waals surface area contributed by atoms with Crippen molar-refractivity contribution in [2.24, 2.45) is 0 Å². The summed E-state index contributed by atoms with van der Waals surface area (Å²) in [7, 11) is 1.43. The van der Waals surface area contributed by atoms with Crippen molar-refractivity contribution in [1.29, 1.82) is 0 Å². The largest absolute Gasteiger partial charge is 0.493 e. The summed E-state index contributed by atoms with van der Waals surface area (Å²) in [5.41, 5.74) is 2.61. The lowest BCUT2D eigenvalue weighted by Gasteiger charge is -2.09. The average Bonchev–Trinajstić information content (AvgIpc) is 2.85. The Morgan fingerprint density at radius 2 is 2.39 bits per heavy atom. The van der Waals surface area contributed by atoms with Crippen LogP contribution in [0.15, 0.2) is 18.2 Å². The van der Waals surface area contributed by atoms with Crippen LogP contribution in [-0.2, 0) is 22.4 Å². The molecule has 1 atom stereocenters. The van der Waals surface area contributed by atoms with Crippen LogP contribution >= 0.6 is 11.8 Å². The highest BCUT2D eigenvalue weighted by atomic mass is 32.2. The Morgan fingerprint density at radius 3 is 3.17 bits per heavy atom. The van der Waals surface area contributed by atoms with Gasteiger partial charge >= 0.3 is 5.97 Å². The van der Waals surface area contributed by atoms with Gasteiger partial charge in [-0.1, -0.05) is 12.1 Å². The minimum atomic E-state index is -0.151. The number of rotatable bonds is 5. The molecule has 0 amide bonds. The van der Waals surface area contributed by atoms with Crippen LogP contribution in [0.1, 0.15) is 18.1 Å². The molecule has 18 heavy (non-hydrogen) atoms. The number of benzene rings is 1. The van der Waals surface area contributed by atoms with Crippen LogP contribution in [0, 0.1) is 0 Å². The lowest BCUT2D eigenvalue weighted by atomic mass is 10.1. The van der Waals surface area contributed by atoms with Crippen LogP contribution in [0.3, 0.4) is 0 Å². The number of fused-ring (bicyclic) bond motifs is 1. The zero-order valence-corrected chi connectivity index (χ0v) is 11.6. The lowest BCUT2D eigenvalue weighted by Crippen LogP contribution is -2.15. The molecule has 3 nitrogen and oxygen atoms in total. The second-order valence-corrected chi connectivity index (χ2v) is 5.78. The predicted molar refractivity (Wildman–Crippen MR) is 73.3 cm³/mol. The Balaban J connectivity index is 1.82. The second-order valence-electron chi connectivity index (χ2n) is 4.33. The molecule has 1 heterocycles. The van der Waals surface area contributed by atoms with Crippen LogP contribution < -0.4 is 4.74 Å². The molecule has 0 N–H and O–H groups in total. The standard InChI is InChI=1S/C14H18O3S/c1-10(14(15)16-2)18-8-6-11-3-4-13-12(9-11)5-7-17-13/h3-4,9-10H,5-8H2,1-2H3/t10-/m0/s1. The van der Waals surface area contributed by atoms with Crippen LogP contribution in [0.5, 0.6) is 5.75 Å². The van der Waals surface area contributed by atoms with E-state index in [0.29, 0.717) is 0 Å². The number of esters is 1. The van der Waals surface area contributed by atoms with Crippen molar-refractivity contribution in [1.82, 2.24) is 0 Å². The van der Waals surface area contributed by atoms with Crippen LogP contribution in [0.25, 0.3) is 0 Å². The fraction of sp³-hybridized carbons (Fsp3) is 0.500. The first-order chi connectivity index (χ1) is 8.70. The van der Waals surface area contributed by atoms with E-state index in [1.54, 1.807) is 11.8 Å². The third kappa shape index (κ3) is 3.19. The van der Waals surface area contributed by atoms with E-state index in [2.05, 4.69) is 12.1 Å². The molecule has 1 aliphatic rings. The highest BCUT2D eigenvalue weighted by Gasteiger charge is 2.14. The highest BCUT2D eigenvalue weighted by Crippen LogP contribution is 2.26. The van der Waals surface area contributed by atoms with E-state index in [1.165, 1.54) is 18.2 Å². The van der Waals surface area contributed by atoms with Crippen LogP contribution in [0.2, 0.25) is 0 Å². The lowest BCUT2D eigenvalue weighted by molar-refractivity contribution is -0.139. The maximum atomic E-state index is 11.2. The van der Waals surface area contributed by atoms with Gasteiger partial charge in [0.1, 0.15) is 5.75 Å². The number of thioether (sulfide) groups is 1. The number of carbonyl (C=O) groups is 1. The van der Waals surface area contributed by atoms with Gasteiger partial charge in [-0.3, -0.25) is 4.79 Å². The Hall–Kier alpha value is -1.16. The van der Waals surface area contributed by atoms with Crippen molar-refractivity contribution in [3.63, 3.8) is 0 Å². The average molecular weight is 266 g/mol. The van der Waals surface area contributed by atoms with Gasteiger partial charge in [0.15, 0.2) is 0 Å². The van der Waals surface area contributed by atoms with Gasteiger partial charge in [-0.25, -0.2) is 0 Å². The van der Waals surface area contributed by atoms with E-state index in [0.717, 1.165) is 31.0 Å². The third-order valence-corrected chi connectivity index (χ3v) is 4.18. The van der Waals surface area contributed by atoms with Gasteiger partial charge in [-0.05, 0) is 36.3 Å². The van der Waals surface area contributed by atoms with Gasteiger partial charge in [0.25, 0.3) is 0 Å². The van der Waals surface area contributed by atoms with E-state index < -0.39 is 0 Å². The maximum Gasteiger partial charge on any atom is 0.318 e. The number of ether oxygens (including phenoxy) is 2. The Bertz CT molecular complexity index is 431. The quantitative estimate of drug-likeness (QED) is 0.767. The molecule has 4 heteroatoms. The summed E-state index contributed by atoms with van der Waals surface area (Å²) in [4.78, 5) is 11.2. The van der Waals surface area contributed by atoms with Gasteiger partial charge in [0, 0.05) is 6.42 Å². The van der Waals surface area contributed by atoms with Crippen molar-refractivity contribution >= 4 is 17.7 Å². The molecule has 0 saturated carbocycles. The summed E-state index contributed by atoms with van der Waals surface area (Å²) in [6.07, 6.45) is 1.98. The first-order valence-corrected chi connectivity index (χ1v) is 7.19. The highest BCUT2D eigenvalue weighted by molar-refractivity contribution is 8.00. The monoisotopic (exact) mass is 266 g/mol. The molecule has 0 bridgehead atoms. The first kappa shape index (κ1) is 13.3. The zero-order valence-electron chi connectivity index (χ0n) is 10.8. The predicted octanol–water partition coefficient (Wildman–Crippen LogP) is 2.46. The van der Waals surface area contributed by atoms with Gasteiger partial charge in [-0.2, -0.15) is 0 Å². The topological polar surface area (TPSA) is 35.5 Å². The smallest absolute Gasteiger partial charge is 0.318 e. The SMILES string of the molecule is COC(=O)[C@H](C)SCCc1ccc2c(c1)CCO2. The van der Waals surface area contributed by atoms with E-state index in [1.807, 2.05) is 13.0 Å². The summed E-state index contributed by atoms with van der Waals surface area (Å²) in [5.74, 6) is 1.80. The second kappa shape index (κ2) is 6.14. The van der Waals surface area contributed by atoms with Crippen molar-refractivity contribution in [2.75, 3.05) is 19.5 Å². The molecule has 0 radical (unpaired) electrons. The molecule has 0 unspecified atom stereocenters.